The first-order valence-electron chi connectivity index (χ1n) is 12.4. The topological polar surface area (TPSA) is 24.4 Å². The van der Waals surface area contributed by atoms with Crippen molar-refractivity contribution in [2.24, 2.45) is 4.99 Å². The Balaban J connectivity index is 2.86. The van der Waals surface area contributed by atoms with Gasteiger partial charge in [0.2, 0.25) is 0 Å². The molecular weight excluding hydrogens is 490 g/mol. The smallest absolute Gasteiger partial charge is 0.351 e. The van der Waals surface area contributed by atoms with Crippen LogP contribution in [0.4, 0.5) is 37.7 Å². The van der Waals surface area contributed by atoms with Crippen LogP contribution in [-0.2, 0) is 0 Å². The number of aliphatic imine (C=N–C) groups is 1. The highest BCUT2D eigenvalue weighted by Crippen LogP contribution is 2.39. The van der Waals surface area contributed by atoms with Crippen molar-refractivity contribution in [3.63, 3.8) is 0 Å². The summed E-state index contributed by atoms with van der Waals surface area (Å²) >= 11 is 0. The van der Waals surface area contributed by atoms with Crippen LogP contribution in [0.25, 0.3) is 0 Å². The van der Waals surface area contributed by atoms with Gasteiger partial charge < -0.3 is 5.32 Å². The van der Waals surface area contributed by atoms with Gasteiger partial charge in [-0.25, -0.2) is 4.99 Å². The molecule has 0 saturated carbocycles. The van der Waals surface area contributed by atoms with E-state index in [4.69, 9.17) is 0 Å². The van der Waals surface area contributed by atoms with Gasteiger partial charge in [0, 0.05) is 5.69 Å². The Bertz CT molecular complexity index is 1080. The summed E-state index contributed by atoms with van der Waals surface area (Å²) in [5, 5.41) is 2.34. The maximum atomic E-state index is 14.2. The summed E-state index contributed by atoms with van der Waals surface area (Å²) in [5.41, 5.74) is -0.670. The number of nitrogens with one attached hydrogen (secondary N) is 1. The van der Waals surface area contributed by atoms with Crippen LogP contribution in [0, 0.1) is 0 Å². The largest absolute Gasteiger partial charge is 0.433 e. The van der Waals surface area contributed by atoms with Crippen LogP contribution in [0.5, 0.6) is 0 Å². The fraction of sp³-hybridized carbons (Fsp3) is 0.483. The molecule has 2 rings (SSSR count). The summed E-state index contributed by atoms with van der Waals surface area (Å²) < 4.78 is 85.3. The lowest BCUT2D eigenvalue weighted by Crippen LogP contribution is -2.27. The number of hydrogen-bond acceptors (Lipinski definition) is 2. The summed E-state index contributed by atoms with van der Waals surface area (Å²) in [7, 11) is 0. The molecule has 0 fully saturated rings. The number of alkyl halides is 6. The van der Waals surface area contributed by atoms with Crippen molar-refractivity contribution in [2.75, 3.05) is 5.32 Å². The Morgan fingerprint density at radius 3 is 1.35 bits per heavy atom. The molecule has 2 nitrogen and oxygen atoms in total. The molecule has 0 aliphatic rings. The van der Waals surface area contributed by atoms with Crippen molar-refractivity contribution in [1.29, 1.82) is 0 Å². The van der Waals surface area contributed by atoms with Gasteiger partial charge in [-0.2, -0.15) is 26.3 Å². The number of anilines is 1. The lowest BCUT2D eigenvalue weighted by molar-refractivity contribution is -0.0905. The van der Waals surface area contributed by atoms with Crippen LogP contribution in [0.3, 0.4) is 0 Å². The first-order chi connectivity index (χ1) is 16.9. The van der Waals surface area contributed by atoms with E-state index in [0.717, 1.165) is 0 Å². The van der Waals surface area contributed by atoms with Crippen LogP contribution < -0.4 is 5.32 Å². The minimum absolute atomic E-state index is 0.0584. The Kier molecular flexibility index (Phi) is 9.66. The van der Waals surface area contributed by atoms with Crippen molar-refractivity contribution in [1.82, 2.24) is 0 Å². The number of allylic oxidation sites excluding steroid dienone is 2. The summed E-state index contributed by atoms with van der Waals surface area (Å²) in [6.07, 6.45) is -10.1. The zero-order chi connectivity index (χ0) is 28.3. The molecule has 0 bridgehead atoms. The molecule has 0 aliphatic carbocycles. The van der Waals surface area contributed by atoms with Crippen molar-refractivity contribution in [3.05, 3.63) is 70.4 Å². The zero-order valence-electron chi connectivity index (χ0n) is 22.6. The highest BCUT2D eigenvalue weighted by atomic mass is 19.4. The van der Waals surface area contributed by atoms with E-state index in [1.807, 2.05) is 27.7 Å². The monoisotopic (exact) mass is 526 g/mol. The normalized spacial score (nSPS) is 13.9. The van der Waals surface area contributed by atoms with E-state index in [-0.39, 0.29) is 41.1 Å². The van der Waals surface area contributed by atoms with E-state index in [2.05, 4.69) is 10.3 Å². The molecule has 2 aromatic rings. The maximum absolute atomic E-state index is 14.2. The van der Waals surface area contributed by atoms with Gasteiger partial charge in [0.1, 0.15) is 11.4 Å². The van der Waals surface area contributed by atoms with E-state index in [1.54, 1.807) is 64.1 Å². The van der Waals surface area contributed by atoms with Crippen LogP contribution in [0.2, 0.25) is 0 Å². The average molecular weight is 527 g/mol. The second-order valence-electron chi connectivity index (χ2n) is 10.4. The first-order valence-corrected chi connectivity index (χ1v) is 12.4. The highest BCUT2D eigenvalue weighted by Gasteiger charge is 2.41. The van der Waals surface area contributed by atoms with E-state index in [1.165, 1.54) is 0 Å². The molecule has 0 spiro atoms. The molecule has 37 heavy (non-hydrogen) atoms. The van der Waals surface area contributed by atoms with Gasteiger partial charge in [-0.05, 0) is 52.0 Å². The molecule has 8 heteroatoms. The summed E-state index contributed by atoms with van der Waals surface area (Å²) in [5.74, 6) is -0.666. The number of benzene rings is 2. The van der Waals surface area contributed by atoms with E-state index >= 15 is 0 Å². The fourth-order valence-corrected chi connectivity index (χ4v) is 4.09. The van der Waals surface area contributed by atoms with Crippen molar-refractivity contribution < 1.29 is 26.3 Å². The molecular formula is C29H36F6N2. The summed E-state index contributed by atoms with van der Waals surface area (Å²) in [6.45, 7) is 14.5. The lowest BCUT2D eigenvalue weighted by atomic mass is 9.92. The second-order valence-corrected chi connectivity index (χ2v) is 10.4. The molecule has 0 heterocycles. The van der Waals surface area contributed by atoms with Gasteiger partial charge in [0.15, 0.2) is 0 Å². The Morgan fingerprint density at radius 2 is 1.03 bits per heavy atom. The second kappa shape index (κ2) is 11.7. The van der Waals surface area contributed by atoms with Crippen molar-refractivity contribution >= 4 is 17.1 Å². The zero-order valence-corrected chi connectivity index (χ0v) is 22.6. The first kappa shape index (κ1) is 30.5. The van der Waals surface area contributed by atoms with Crippen LogP contribution in [0.15, 0.2) is 53.2 Å². The molecule has 0 amide bonds. The maximum Gasteiger partial charge on any atom is 0.433 e. The standard InChI is InChI=1S/C29H36F6N2/c1-16(2)20-11-9-12-21(17(3)4)26(20)36-24(28(30,31)32)15-25(29(33,34)35)37-27-22(18(5)6)13-10-14-23(27)19(7)8/h9-19,36H,1-8H3. The van der Waals surface area contributed by atoms with Gasteiger partial charge in [-0.1, -0.05) is 91.8 Å². The van der Waals surface area contributed by atoms with Crippen molar-refractivity contribution in [2.45, 2.75) is 91.4 Å². The van der Waals surface area contributed by atoms with Gasteiger partial charge in [-0.3, -0.25) is 0 Å². The van der Waals surface area contributed by atoms with E-state index in [9.17, 15) is 26.3 Å². The molecule has 0 atom stereocenters. The van der Waals surface area contributed by atoms with Crippen LogP contribution in [-0.4, -0.2) is 18.1 Å². The lowest BCUT2D eigenvalue weighted by Gasteiger charge is -2.24. The third-order valence-electron chi connectivity index (χ3n) is 6.08. The molecule has 0 aromatic heterocycles. The molecule has 0 radical (unpaired) electrons. The number of para-hydroxylation sites is 2. The molecule has 0 aliphatic heterocycles. The predicted molar refractivity (Wildman–Crippen MR) is 140 cm³/mol. The summed E-state index contributed by atoms with van der Waals surface area (Å²) in [4.78, 5) is 3.86. The predicted octanol–water partition coefficient (Wildman–Crippen LogP) is 10.4. The SMILES string of the molecule is CC(C)c1cccc(C(C)C)c1N=C(C=C(Nc1c(C(C)C)cccc1C(C)C)C(F)(F)F)C(F)(F)F. The third-order valence-corrected chi connectivity index (χ3v) is 6.08. The molecule has 0 unspecified atom stereocenters. The average Bonchev–Trinajstić information content (AvgIpc) is 2.75. The summed E-state index contributed by atoms with van der Waals surface area (Å²) in [6, 6.07) is 10.1. The van der Waals surface area contributed by atoms with Gasteiger partial charge in [-0.15, -0.1) is 0 Å². The minimum atomic E-state index is -5.12. The van der Waals surface area contributed by atoms with Crippen LogP contribution >= 0.6 is 0 Å². The van der Waals surface area contributed by atoms with Crippen molar-refractivity contribution in [3.8, 4) is 0 Å². The molecule has 1 N–H and O–H groups in total. The third kappa shape index (κ3) is 7.62. The van der Waals surface area contributed by atoms with E-state index < -0.39 is 23.8 Å². The number of hydrogen-bond donors (Lipinski definition) is 1. The quantitative estimate of drug-likeness (QED) is 0.269. The van der Waals surface area contributed by atoms with E-state index in [0.29, 0.717) is 22.3 Å². The van der Waals surface area contributed by atoms with Crippen LogP contribution in [0.1, 0.15) is 101 Å². The Morgan fingerprint density at radius 1 is 0.649 bits per heavy atom. The number of nitrogens with zero attached hydrogens (tertiary/aromatic N) is 1. The number of halogens is 6. The van der Waals surface area contributed by atoms with Gasteiger partial charge in [0.05, 0.1) is 5.69 Å². The van der Waals surface area contributed by atoms with Gasteiger partial charge in [0.25, 0.3) is 0 Å². The molecule has 2 aromatic carbocycles. The Hall–Kier alpha value is -2.77. The number of rotatable bonds is 8. The molecule has 204 valence electrons. The highest BCUT2D eigenvalue weighted by molar-refractivity contribution is 6.02. The fourth-order valence-electron chi connectivity index (χ4n) is 4.09. The Labute approximate surface area is 215 Å². The molecule has 0 saturated heterocycles. The van der Waals surface area contributed by atoms with Gasteiger partial charge >= 0.3 is 12.4 Å². The minimum Gasteiger partial charge on any atom is -0.351 e.